The Hall–Kier alpha value is -0.500. The lowest BCUT2D eigenvalue weighted by Crippen LogP contribution is -2.00. The predicted octanol–water partition coefficient (Wildman–Crippen LogP) is 2.23. The molecule has 0 aromatic carbocycles. The Balaban J connectivity index is 2.26. The van der Waals surface area contributed by atoms with Crippen LogP contribution in [0.1, 0.15) is 38.5 Å². The third-order valence-corrected chi connectivity index (χ3v) is 2.13. The molecule has 0 aliphatic heterocycles. The third-order valence-electron chi connectivity index (χ3n) is 2.13. The van der Waals surface area contributed by atoms with Gasteiger partial charge in [-0.05, 0) is 25.3 Å². The standard InChI is InChI=1S/C10H18O2/c11-8-9-12-10-6-4-2-1-3-5-7-10/h6,11H,1-5,7-9H2/b10-6+. The first-order valence-electron chi connectivity index (χ1n) is 4.86. The largest absolute Gasteiger partial charge is 0.496 e. The highest BCUT2D eigenvalue weighted by molar-refractivity contribution is 4.94. The smallest absolute Gasteiger partial charge is 0.111 e. The van der Waals surface area contributed by atoms with Crippen LogP contribution in [0.5, 0.6) is 0 Å². The van der Waals surface area contributed by atoms with Crippen molar-refractivity contribution in [2.75, 3.05) is 13.2 Å². The van der Waals surface area contributed by atoms with Gasteiger partial charge in [0, 0.05) is 6.42 Å². The molecule has 0 heterocycles. The van der Waals surface area contributed by atoms with Crippen molar-refractivity contribution in [1.29, 1.82) is 0 Å². The van der Waals surface area contributed by atoms with Gasteiger partial charge >= 0.3 is 0 Å². The van der Waals surface area contributed by atoms with Gasteiger partial charge in [-0.1, -0.05) is 12.8 Å². The van der Waals surface area contributed by atoms with Crippen molar-refractivity contribution in [3.05, 3.63) is 11.8 Å². The van der Waals surface area contributed by atoms with Crippen LogP contribution in [0.25, 0.3) is 0 Å². The van der Waals surface area contributed by atoms with Gasteiger partial charge in [-0.3, -0.25) is 0 Å². The topological polar surface area (TPSA) is 29.5 Å². The molecule has 0 saturated heterocycles. The number of ether oxygens (including phenoxy) is 1. The van der Waals surface area contributed by atoms with Gasteiger partial charge in [-0.2, -0.15) is 0 Å². The van der Waals surface area contributed by atoms with Crippen molar-refractivity contribution < 1.29 is 9.84 Å². The molecule has 0 amide bonds. The second-order valence-corrected chi connectivity index (χ2v) is 3.20. The fourth-order valence-corrected chi connectivity index (χ4v) is 1.47. The van der Waals surface area contributed by atoms with Gasteiger partial charge in [0.05, 0.1) is 12.4 Å². The van der Waals surface area contributed by atoms with Crippen LogP contribution in [-0.4, -0.2) is 18.3 Å². The minimum atomic E-state index is 0.122. The first-order valence-corrected chi connectivity index (χ1v) is 4.86. The van der Waals surface area contributed by atoms with E-state index in [0.717, 1.165) is 18.6 Å². The van der Waals surface area contributed by atoms with E-state index in [9.17, 15) is 0 Å². The maximum atomic E-state index is 8.57. The minimum Gasteiger partial charge on any atom is -0.496 e. The van der Waals surface area contributed by atoms with Gasteiger partial charge in [-0.25, -0.2) is 0 Å². The van der Waals surface area contributed by atoms with Crippen LogP contribution in [0.3, 0.4) is 0 Å². The van der Waals surface area contributed by atoms with Crippen molar-refractivity contribution in [2.45, 2.75) is 38.5 Å². The number of hydrogen-bond donors (Lipinski definition) is 1. The SMILES string of the molecule is OCCO/C1=C/CCCCCC1. The van der Waals surface area contributed by atoms with E-state index in [1.54, 1.807) is 0 Å². The summed E-state index contributed by atoms with van der Waals surface area (Å²) in [7, 11) is 0. The van der Waals surface area contributed by atoms with E-state index in [4.69, 9.17) is 9.84 Å². The molecule has 0 aromatic rings. The van der Waals surface area contributed by atoms with Crippen LogP contribution < -0.4 is 0 Å². The van der Waals surface area contributed by atoms with Crippen LogP contribution in [0.4, 0.5) is 0 Å². The number of aliphatic hydroxyl groups is 1. The Morgan fingerprint density at radius 1 is 1.25 bits per heavy atom. The zero-order chi connectivity index (χ0) is 8.65. The zero-order valence-corrected chi connectivity index (χ0v) is 7.59. The first kappa shape index (κ1) is 9.59. The summed E-state index contributed by atoms with van der Waals surface area (Å²) in [5.74, 6) is 1.09. The van der Waals surface area contributed by atoms with Gasteiger partial charge < -0.3 is 9.84 Å². The number of aliphatic hydroxyl groups excluding tert-OH is 1. The van der Waals surface area contributed by atoms with Crippen molar-refractivity contribution in [1.82, 2.24) is 0 Å². The summed E-state index contributed by atoms with van der Waals surface area (Å²) in [6.07, 6.45) is 9.56. The van der Waals surface area contributed by atoms with E-state index in [1.807, 2.05) is 0 Å². The van der Waals surface area contributed by atoms with Crippen molar-refractivity contribution in [3.8, 4) is 0 Å². The summed E-state index contributed by atoms with van der Waals surface area (Å²) in [6.45, 7) is 0.573. The van der Waals surface area contributed by atoms with Gasteiger partial charge in [0.2, 0.25) is 0 Å². The molecule has 1 aliphatic rings. The third kappa shape index (κ3) is 3.77. The predicted molar refractivity (Wildman–Crippen MR) is 48.8 cm³/mol. The van der Waals surface area contributed by atoms with Crippen LogP contribution in [0.2, 0.25) is 0 Å². The fraction of sp³-hybridized carbons (Fsp3) is 0.800. The highest BCUT2D eigenvalue weighted by Gasteiger charge is 2.01. The Morgan fingerprint density at radius 2 is 2.08 bits per heavy atom. The summed E-state index contributed by atoms with van der Waals surface area (Å²) in [5, 5.41) is 8.57. The van der Waals surface area contributed by atoms with E-state index in [1.165, 1.54) is 25.7 Å². The lowest BCUT2D eigenvalue weighted by molar-refractivity contribution is 0.137. The molecule has 0 fully saturated rings. The minimum absolute atomic E-state index is 0.122. The van der Waals surface area contributed by atoms with Crippen molar-refractivity contribution in [3.63, 3.8) is 0 Å². The van der Waals surface area contributed by atoms with Gasteiger partial charge in [-0.15, -0.1) is 0 Å². The number of rotatable bonds is 3. The molecule has 0 spiro atoms. The summed E-state index contributed by atoms with van der Waals surface area (Å²) in [5.41, 5.74) is 0. The average Bonchev–Trinajstić information content (AvgIpc) is 2.02. The molecule has 2 heteroatoms. The second-order valence-electron chi connectivity index (χ2n) is 3.20. The molecule has 0 atom stereocenters. The molecule has 0 unspecified atom stereocenters. The van der Waals surface area contributed by atoms with Crippen LogP contribution in [0.15, 0.2) is 11.8 Å². The molecule has 0 radical (unpaired) electrons. The Morgan fingerprint density at radius 3 is 2.92 bits per heavy atom. The maximum Gasteiger partial charge on any atom is 0.111 e. The van der Waals surface area contributed by atoms with E-state index >= 15 is 0 Å². The highest BCUT2D eigenvalue weighted by atomic mass is 16.5. The molecule has 0 bridgehead atoms. The molecule has 70 valence electrons. The molecule has 1 rings (SSSR count). The molecule has 1 N–H and O–H groups in total. The van der Waals surface area contributed by atoms with Crippen LogP contribution in [-0.2, 0) is 4.74 Å². The van der Waals surface area contributed by atoms with E-state index in [0.29, 0.717) is 6.61 Å². The summed E-state index contributed by atoms with van der Waals surface area (Å²) in [6, 6.07) is 0. The van der Waals surface area contributed by atoms with Gasteiger partial charge in [0.15, 0.2) is 0 Å². The molecular weight excluding hydrogens is 152 g/mol. The number of allylic oxidation sites excluding steroid dienone is 2. The molecule has 1 aliphatic carbocycles. The van der Waals surface area contributed by atoms with Crippen molar-refractivity contribution >= 4 is 0 Å². The van der Waals surface area contributed by atoms with Gasteiger partial charge in [0.25, 0.3) is 0 Å². The van der Waals surface area contributed by atoms with Crippen molar-refractivity contribution in [2.24, 2.45) is 0 Å². The lowest BCUT2D eigenvalue weighted by atomic mass is 10.1. The molecule has 12 heavy (non-hydrogen) atoms. The normalized spacial score (nSPS) is 23.6. The maximum absolute atomic E-state index is 8.57. The molecular formula is C10H18O2. The van der Waals surface area contributed by atoms with Crippen LogP contribution in [0, 0.1) is 0 Å². The zero-order valence-electron chi connectivity index (χ0n) is 7.59. The molecule has 0 aromatic heterocycles. The van der Waals surface area contributed by atoms with E-state index in [2.05, 4.69) is 6.08 Å². The Labute approximate surface area is 74.2 Å². The molecule has 0 saturated carbocycles. The Bertz CT molecular complexity index is 141. The molecule has 2 nitrogen and oxygen atoms in total. The first-order chi connectivity index (χ1) is 5.93. The monoisotopic (exact) mass is 170 g/mol. The highest BCUT2D eigenvalue weighted by Crippen LogP contribution is 2.17. The van der Waals surface area contributed by atoms with Crippen LogP contribution >= 0.6 is 0 Å². The number of hydrogen-bond acceptors (Lipinski definition) is 2. The fourth-order valence-electron chi connectivity index (χ4n) is 1.47. The summed E-state index contributed by atoms with van der Waals surface area (Å²) >= 11 is 0. The van der Waals surface area contributed by atoms with E-state index < -0.39 is 0 Å². The van der Waals surface area contributed by atoms with E-state index in [-0.39, 0.29) is 6.61 Å². The second kappa shape index (κ2) is 6.06. The summed E-state index contributed by atoms with van der Waals surface area (Å²) in [4.78, 5) is 0. The van der Waals surface area contributed by atoms with Gasteiger partial charge in [0.1, 0.15) is 6.61 Å². The lowest BCUT2D eigenvalue weighted by Gasteiger charge is -2.11. The quantitative estimate of drug-likeness (QED) is 0.703. The Kier molecular flexibility index (Phi) is 4.85. The average molecular weight is 170 g/mol. The summed E-state index contributed by atoms with van der Waals surface area (Å²) < 4.78 is 5.38.